The van der Waals surface area contributed by atoms with Crippen molar-refractivity contribution in [1.29, 1.82) is 0 Å². The molecule has 4 atom stereocenters. The number of fused-ring (bicyclic) bond motifs is 1. The molecular formula is C28H28ClN9O8. The maximum atomic E-state index is 12.9. The van der Waals surface area contributed by atoms with Crippen LogP contribution in [0.15, 0.2) is 54.9 Å². The number of rotatable bonds is 13. The normalized spacial score (nSPS) is 15.6. The van der Waals surface area contributed by atoms with Crippen molar-refractivity contribution in [2.75, 3.05) is 19.5 Å². The molecule has 240 valence electrons. The first kappa shape index (κ1) is 32.3. The summed E-state index contributed by atoms with van der Waals surface area (Å²) in [5, 5.41) is 56.1. The Balaban J connectivity index is 1.44. The van der Waals surface area contributed by atoms with Gasteiger partial charge in [0.1, 0.15) is 17.2 Å². The van der Waals surface area contributed by atoms with Crippen molar-refractivity contribution in [2.24, 2.45) is 0 Å². The summed E-state index contributed by atoms with van der Waals surface area (Å²) < 4.78 is 12.6. The zero-order valence-electron chi connectivity index (χ0n) is 24.3. The lowest BCUT2D eigenvalue weighted by atomic mass is 9.91. The Morgan fingerprint density at radius 2 is 1.85 bits per heavy atom. The number of nitrogens with zero attached hydrogens (tertiary/aromatic N) is 7. The average Bonchev–Trinajstić information content (AvgIpc) is 3.72. The van der Waals surface area contributed by atoms with Crippen molar-refractivity contribution < 1.29 is 39.5 Å². The first-order valence-electron chi connectivity index (χ1n) is 13.5. The van der Waals surface area contributed by atoms with Gasteiger partial charge in [-0.05, 0) is 41.3 Å². The van der Waals surface area contributed by atoms with E-state index in [1.54, 1.807) is 42.5 Å². The first-order chi connectivity index (χ1) is 21.9. The topological polar surface area (TPSA) is 258 Å². The second-order valence-electron chi connectivity index (χ2n) is 10.4. The molecule has 5 aromatic rings. The number of carbonyl (C=O) groups is 2. The number of carboxylic acids is 2. The maximum Gasteiger partial charge on any atom is 0.344 e. The van der Waals surface area contributed by atoms with Crippen LogP contribution >= 0.6 is 11.6 Å². The van der Waals surface area contributed by atoms with Crippen molar-refractivity contribution in [3.63, 3.8) is 0 Å². The molecule has 0 spiro atoms. The number of hydrogen-bond acceptors (Lipinski definition) is 13. The molecule has 0 bridgehead atoms. The molecule has 0 radical (unpaired) electrons. The predicted octanol–water partition coefficient (Wildman–Crippen LogP) is 1.44. The number of carboxylic acid groups (broad SMARTS) is 2. The second-order valence-corrected chi connectivity index (χ2v) is 10.8. The number of benzene rings is 2. The molecule has 5 rings (SSSR count). The molecule has 17 nitrogen and oxygen atoms in total. The number of aliphatic hydroxyl groups excluding tert-OH is 1. The van der Waals surface area contributed by atoms with Gasteiger partial charge in [0, 0.05) is 13.5 Å². The van der Waals surface area contributed by atoms with Gasteiger partial charge >= 0.3 is 11.9 Å². The van der Waals surface area contributed by atoms with Crippen LogP contribution in [0, 0.1) is 0 Å². The second kappa shape index (κ2) is 12.7. The fraction of sp³-hybridized carbons (Fsp3) is 0.286. The minimum atomic E-state index is -2.25. The number of aromatic nitrogens is 8. The molecule has 46 heavy (non-hydrogen) atoms. The number of anilines is 1. The lowest BCUT2D eigenvalue weighted by molar-refractivity contribution is -0.208. The van der Waals surface area contributed by atoms with Crippen LogP contribution in [0.5, 0.6) is 0 Å². The number of nitrogen functional groups attached to an aromatic ring is 1. The number of nitrogens with two attached hydrogens (primary N) is 1. The minimum absolute atomic E-state index is 0.0298. The Kier molecular flexibility index (Phi) is 8.95. The summed E-state index contributed by atoms with van der Waals surface area (Å²) in [5.74, 6) is -2.94. The smallest absolute Gasteiger partial charge is 0.344 e. The van der Waals surface area contributed by atoms with E-state index in [2.05, 4.69) is 35.6 Å². The highest BCUT2D eigenvalue weighted by molar-refractivity contribution is 6.28. The lowest BCUT2D eigenvalue weighted by Crippen LogP contribution is -2.52. The number of methoxy groups -OCH3 is 1. The van der Waals surface area contributed by atoms with Gasteiger partial charge in [-0.25, -0.2) is 14.6 Å². The van der Waals surface area contributed by atoms with E-state index in [0.29, 0.717) is 16.7 Å². The van der Waals surface area contributed by atoms with Crippen molar-refractivity contribution in [2.45, 2.75) is 36.9 Å². The third-order valence-electron chi connectivity index (χ3n) is 7.55. The molecule has 0 aliphatic carbocycles. The maximum absolute atomic E-state index is 12.9. The predicted molar refractivity (Wildman–Crippen MR) is 159 cm³/mol. The Morgan fingerprint density at radius 1 is 1.13 bits per heavy atom. The van der Waals surface area contributed by atoms with E-state index in [1.165, 1.54) is 26.4 Å². The summed E-state index contributed by atoms with van der Waals surface area (Å²) in [7, 11) is 1.24. The van der Waals surface area contributed by atoms with E-state index in [0.717, 1.165) is 4.57 Å². The molecule has 0 aliphatic heterocycles. The molecule has 7 N–H and O–H groups in total. The zero-order valence-corrected chi connectivity index (χ0v) is 25.0. The summed E-state index contributed by atoms with van der Waals surface area (Å²) in [6.07, 6.45) is -2.25. The number of hydrogen-bond donors (Lipinski definition) is 6. The van der Waals surface area contributed by atoms with Crippen molar-refractivity contribution >= 4 is 40.5 Å². The van der Waals surface area contributed by atoms with E-state index in [4.69, 9.17) is 26.8 Å². The van der Waals surface area contributed by atoms with Gasteiger partial charge < -0.3 is 35.6 Å². The summed E-state index contributed by atoms with van der Waals surface area (Å²) in [6, 6.07) is 13.0. The van der Waals surface area contributed by atoms with Crippen molar-refractivity contribution in [3.05, 3.63) is 77.1 Å². The monoisotopic (exact) mass is 653 g/mol. The average molecular weight is 654 g/mol. The number of aromatic amines is 1. The molecule has 3 heterocycles. The molecule has 0 aliphatic rings. The Hall–Kier alpha value is -5.07. The van der Waals surface area contributed by atoms with Gasteiger partial charge in [-0.15, -0.1) is 10.2 Å². The number of imidazole rings is 1. The standard InChI is InChI=1S/C28H28ClN9O8/c1-27(44,24(41)38-13-31-19-20(30)32-26(29)33-21(19)38)18(45-2)12-46-28(25(42)43,23-34-36-37-35-23)11-14-7-9-15(10-8-14)16-5-3-4-6-17(16)22(39)40/h3-10,13,18,24,41,44H,11-12H2,1-2H3,(H,39,40)(H,42,43)(H2,30,32,33)(H,34,35,36,37)/t18-,24-,27-,28?/m1/s1. The number of tetrazole rings is 1. The highest BCUT2D eigenvalue weighted by Gasteiger charge is 2.49. The molecular weight excluding hydrogens is 626 g/mol. The Labute approximate surface area is 264 Å². The number of aromatic carboxylic acids is 1. The fourth-order valence-electron chi connectivity index (χ4n) is 5.00. The van der Waals surface area contributed by atoms with Crippen LogP contribution in [0.1, 0.15) is 34.9 Å². The van der Waals surface area contributed by atoms with Gasteiger partial charge in [0.15, 0.2) is 17.7 Å². The van der Waals surface area contributed by atoms with E-state index >= 15 is 0 Å². The number of H-pyrrole nitrogens is 1. The summed E-state index contributed by atoms with van der Waals surface area (Å²) >= 11 is 5.93. The molecule has 0 saturated carbocycles. The minimum Gasteiger partial charge on any atom is -0.479 e. The van der Waals surface area contributed by atoms with Gasteiger partial charge in [0.25, 0.3) is 0 Å². The van der Waals surface area contributed by atoms with E-state index in [-0.39, 0.29) is 40.1 Å². The molecule has 18 heteroatoms. The number of aliphatic carboxylic acids is 1. The van der Waals surface area contributed by atoms with E-state index in [1.807, 2.05) is 0 Å². The number of halogens is 1. The highest BCUT2D eigenvalue weighted by atomic mass is 35.5. The van der Waals surface area contributed by atoms with Crippen LogP contribution in [-0.2, 0) is 26.3 Å². The Morgan fingerprint density at radius 3 is 2.48 bits per heavy atom. The molecule has 0 saturated heterocycles. The molecule has 1 unspecified atom stereocenters. The Bertz CT molecular complexity index is 1870. The quantitative estimate of drug-likeness (QED) is 0.0982. The van der Waals surface area contributed by atoms with Gasteiger partial charge in [0.05, 0.1) is 18.5 Å². The van der Waals surface area contributed by atoms with Crippen molar-refractivity contribution in [1.82, 2.24) is 40.1 Å². The van der Waals surface area contributed by atoms with Crippen LogP contribution in [0.4, 0.5) is 5.82 Å². The lowest BCUT2D eigenvalue weighted by Gasteiger charge is -2.37. The summed E-state index contributed by atoms with van der Waals surface area (Å²) in [6.45, 7) is 0.660. The third kappa shape index (κ3) is 5.96. The van der Waals surface area contributed by atoms with Gasteiger partial charge in [-0.1, -0.05) is 47.7 Å². The fourth-order valence-corrected chi connectivity index (χ4v) is 5.17. The molecule has 2 aromatic carbocycles. The first-order valence-corrected chi connectivity index (χ1v) is 13.9. The molecule has 0 amide bonds. The van der Waals surface area contributed by atoms with Crippen LogP contribution in [0.2, 0.25) is 5.28 Å². The van der Waals surface area contributed by atoms with Gasteiger partial charge in [-0.3, -0.25) is 4.57 Å². The number of aliphatic hydroxyl groups is 2. The van der Waals surface area contributed by atoms with Gasteiger partial charge in [0.2, 0.25) is 16.7 Å². The van der Waals surface area contributed by atoms with Crippen LogP contribution in [-0.4, -0.2) is 97.9 Å². The zero-order chi connectivity index (χ0) is 33.2. The molecule has 0 fully saturated rings. The molecule has 3 aromatic heterocycles. The van der Waals surface area contributed by atoms with Crippen molar-refractivity contribution in [3.8, 4) is 11.1 Å². The van der Waals surface area contributed by atoms with Crippen LogP contribution in [0.3, 0.4) is 0 Å². The summed E-state index contributed by atoms with van der Waals surface area (Å²) in [5.41, 5.74) is 3.26. The SMILES string of the molecule is CO[C@H](COC(Cc1ccc(-c2ccccc2C(=O)O)cc1)(C(=O)O)c1nn[nH]n1)[C@@](C)(O)[C@@H](O)n1cnc2c(N)nc(Cl)nc21. The largest absolute Gasteiger partial charge is 0.479 e. The third-order valence-corrected chi connectivity index (χ3v) is 7.72. The van der Waals surface area contributed by atoms with Gasteiger partial charge in [-0.2, -0.15) is 15.2 Å². The van der Waals surface area contributed by atoms with E-state index in [9.17, 15) is 30.0 Å². The number of ether oxygens (including phenoxy) is 2. The summed E-state index contributed by atoms with van der Waals surface area (Å²) in [4.78, 5) is 36.5. The van der Waals surface area contributed by atoms with E-state index < -0.39 is 42.1 Å². The number of nitrogens with one attached hydrogen (secondary N) is 1. The van der Waals surface area contributed by atoms with Crippen LogP contribution in [0.25, 0.3) is 22.3 Å². The van der Waals surface area contributed by atoms with Crippen LogP contribution < -0.4 is 5.73 Å². The highest BCUT2D eigenvalue weighted by Crippen LogP contribution is 2.34.